The molecule has 0 spiro atoms. The van der Waals surface area contributed by atoms with Crippen LogP contribution in [0.15, 0.2) is 78.9 Å². The summed E-state index contributed by atoms with van der Waals surface area (Å²) in [5.41, 5.74) is 2.88. The number of aryl methyl sites for hydroxylation is 1. The fraction of sp³-hybridized carbons (Fsp3) is 0.310. The molecule has 3 aromatic rings. The third-order valence-corrected chi connectivity index (χ3v) is 5.71. The van der Waals surface area contributed by atoms with E-state index in [0.717, 1.165) is 22.4 Å². The topological polar surface area (TPSA) is 58.6 Å². The highest BCUT2D eigenvalue weighted by atomic mass is 19.1. The molecule has 0 fully saturated rings. The molecule has 0 aliphatic heterocycles. The number of halogens is 1. The number of rotatable bonds is 12. The first-order chi connectivity index (χ1) is 17.0. The number of carbonyl (C=O) groups excluding carboxylic acids is 2. The molecule has 2 amide bonds. The number of ether oxygens (including phenoxy) is 1. The van der Waals surface area contributed by atoms with E-state index in [1.54, 1.807) is 17.0 Å². The van der Waals surface area contributed by atoms with Gasteiger partial charge in [0.1, 0.15) is 17.6 Å². The predicted octanol–water partition coefficient (Wildman–Crippen LogP) is 5.07. The van der Waals surface area contributed by atoms with Crippen molar-refractivity contribution in [1.29, 1.82) is 0 Å². The number of hydrogen-bond donors (Lipinski definition) is 1. The summed E-state index contributed by atoms with van der Waals surface area (Å²) in [6.45, 7) is 4.94. The molecule has 0 aliphatic rings. The number of hydrogen-bond acceptors (Lipinski definition) is 3. The Morgan fingerprint density at radius 3 is 2.29 bits per heavy atom. The van der Waals surface area contributed by atoms with Crippen LogP contribution in [0.1, 0.15) is 36.5 Å². The van der Waals surface area contributed by atoms with Crippen molar-refractivity contribution in [2.24, 2.45) is 0 Å². The summed E-state index contributed by atoms with van der Waals surface area (Å²) < 4.78 is 19.2. The summed E-state index contributed by atoms with van der Waals surface area (Å²) in [4.78, 5) is 28.1. The van der Waals surface area contributed by atoms with Gasteiger partial charge in [-0.05, 0) is 55.7 Å². The van der Waals surface area contributed by atoms with Gasteiger partial charge in [-0.25, -0.2) is 4.39 Å². The third kappa shape index (κ3) is 8.25. The van der Waals surface area contributed by atoms with E-state index in [4.69, 9.17) is 4.74 Å². The van der Waals surface area contributed by atoms with Crippen molar-refractivity contribution in [2.45, 2.75) is 45.7 Å². The van der Waals surface area contributed by atoms with Crippen LogP contribution in [-0.2, 0) is 22.6 Å². The average molecular weight is 477 g/mol. The smallest absolute Gasteiger partial charge is 0.243 e. The lowest BCUT2D eigenvalue weighted by Gasteiger charge is -2.31. The summed E-state index contributed by atoms with van der Waals surface area (Å²) >= 11 is 0. The Morgan fingerprint density at radius 1 is 0.943 bits per heavy atom. The lowest BCUT2D eigenvalue weighted by molar-refractivity contribution is -0.141. The molecule has 0 radical (unpaired) electrons. The van der Waals surface area contributed by atoms with E-state index in [9.17, 15) is 14.0 Å². The molecule has 0 heterocycles. The van der Waals surface area contributed by atoms with Gasteiger partial charge in [-0.15, -0.1) is 0 Å². The van der Waals surface area contributed by atoms with E-state index in [1.807, 2.05) is 68.4 Å². The van der Waals surface area contributed by atoms with Crippen molar-refractivity contribution in [1.82, 2.24) is 10.2 Å². The summed E-state index contributed by atoms with van der Waals surface area (Å²) in [5, 5.41) is 2.87. The van der Waals surface area contributed by atoms with Crippen LogP contribution in [0.2, 0.25) is 0 Å². The zero-order chi connectivity index (χ0) is 25.0. The quantitative estimate of drug-likeness (QED) is 0.372. The van der Waals surface area contributed by atoms with Gasteiger partial charge in [0, 0.05) is 25.9 Å². The van der Waals surface area contributed by atoms with Gasteiger partial charge >= 0.3 is 0 Å². The molecule has 5 nitrogen and oxygen atoms in total. The number of carbonyl (C=O) groups is 2. The molecular formula is C29H33FN2O3. The molecule has 0 bridgehead atoms. The SMILES string of the molecule is CCNC(=O)[C@@H](Cc1ccccc1)N(Cc1ccc(F)cc1)C(=O)CCCOc1ccc(C)cc1. The van der Waals surface area contributed by atoms with E-state index >= 15 is 0 Å². The molecular weight excluding hydrogens is 443 g/mol. The normalized spacial score (nSPS) is 11.5. The number of benzene rings is 3. The van der Waals surface area contributed by atoms with Crippen molar-refractivity contribution < 1.29 is 18.7 Å². The Bertz CT molecular complexity index is 1070. The Balaban J connectivity index is 1.75. The molecule has 0 unspecified atom stereocenters. The van der Waals surface area contributed by atoms with Gasteiger partial charge in [0.25, 0.3) is 0 Å². The van der Waals surface area contributed by atoms with Crippen LogP contribution in [-0.4, -0.2) is 35.9 Å². The highest BCUT2D eigenvalue weighted by molar-refractivity contribution is 5.88. The van der Waals surface area contributed by atoms with Crippen LogP contribution >= 0.6 is 0 Å². The fourth-order valence-electron chi connectivity index (χ4n) is 3.82. The zero-order valence-corrected chi connectivity index (χ0v) is 20.4. The molecule has 35 heavy (non-hydrogen) atoms. The van der Waals surface area contributed by atoms with Gasteiger partial charge in [-0.1, -0.05) is 60.2 Å². The van der Waals surface area contributed by atoms with Gasteiger partial charge in [0.05, 0.1) is 6.61 Å². The van der Waals surface area contributed by atoms with Gasteiger partial charge in [-0.3, -0.25) is 9.59 Å². The standard InChI is InChI=1S/C29H33FN2O3/c1-3-31-29(34)27(20-23-8-5-4-6-9-23)32(21-24-13-15-25(30)16-14-24)28(33)10-7-19-35-26-17-11-22(2)12-18-26/h4-6,8-9,11-18,27H,3,7,10,19-21H2,1-2H3,(H,31,34)/t27-/m1/s1. The molecule has 1 N–H and O–H groups in total. The lowest BCUT2D eigenvalue weighted by Crippen LogP contribution is -2.50. The van der Waals surface area contributed by atoms with Crippen LogP contribution in [0.4, 0.5) is 4.39 Å². The van der Waals surface area contributed by atoms with E-state index in [-0.39, 0.29) is 30.6 Å². The predicted molar refractivity (Wildman–Crippen MR) is 135 cm³/mol. The molecule has 184 valence electrons. The number of nitrogens with zero attached hydrogens (tertiary/aromatic N) is 1. The molecule has 1 atom stereocenters. The first kappa shape index (κ1) is 25.9. The minimum Gasteiger partial charge on any atom is -0.494 e. The molecule has 6 heteroatoms. The lowest BCUT2D eigenvalue weighted by atomic mass is 10.0. The molecule has 0 saturated heterocycles. The maximum absolute atomic E-state index is 13.5. The maximum atomic E-state index is 13.5. The van der Waals surface area contributed by atoms with Crippen LogP contribution < -0.4 is 10.1 Å². The second kappa shape index (κ2) is 13.3. The highest BCUT2D eigenvalue weighted by Crippen LogP contribution is 2.17. The molecule has 0 aliphatic carbocycles. The number of amides is 2. The average Bonchev–Trinajstić information content (AvgIpc) is 2.87. The van der Waals surface area contributed by atoms with E-state index in [2.05, 4.69) is 5.32 Å². The van der Waals surface area contributed by atoms with E-state index in [1.165, 1.54) is 12.1 Å². The van der Waals surface area contributed by atoms with Crippen molar-refractivity contribution in [3.8, 4) is 5.75 Å². The van der Waals surface area contributed by atoms with Crippen LogP contribution in [0.3, 0.4) is 0 Å². The number of nitrogens with one attached hydrogen (secondary N) is 1. The summed E-state index contributed by atoms with van der Waals surface area (Å²) in [6, 6.07) is 22.7. The summed E-state index contributed by atoms with van der Waals surface area (Å²) in [5.74, 6) is 0.0664. The second-order valence-electron chi connectivity index (χ2n) is 8.51. The van der Waals surface area contributed by atoms with E-state index in [0.29, 0.717) is 26.0 Å². The largest absolute Gasteiger partial charge is 0.494 e. The molecule has 3 rings (SSSR count). The summed E-state index contributed by atoms with van der Waals surface area (Å²) in [6.07, 6.45) is 1.14. The second-order valence-corrected chi connectivity index (χ2v) is 8.51. The minimum absolute atomic E-state index is 0.144. The van der Waals surface area contributed by atoms with Crippen molar-refractivity contribution in [3.05, 3.63) is 101 Å². The minimum atomic E-state index is -0.687. The molecule has 0 saturated carbocycles. The summed E-state index contributed by atoms with van der Waals surface area (Å²) in [7, 11) is 0. The zero-order valence-electron chi connectivity index (χ0n) is 20.4. The molecule has 0 aromatic heterocycles. The highest BCUT2D eigenvalue weighted by Gasteiger charge is 2.29. The third-order valence-electron chi connectivity index (χ3n) is 5.71. The fourth-order valence-corrected chi connectivity index (χ4v) is 3.82. The van der Waals surface area contributed by atoms with Crippen LogP contribution in [0.5, 0.6) is 5.75 Å². The monoisotopic (exact) mass is 476 g/mol. The van der Waals surface area contributed by atoms with Crippen LogP contribution in [0.25, 0.3) is 0 Å². The Kier molecular flexibility index (Phi) is 9.84. The van der Waals surface area contributed by atoms with Crippen LogP contribution in [0, 0.1) is 12.7 Å². The van der Waals surface area contributed by atoms with Gasteiger partial charge < -0.3 is 15.0 Å². The van der Waals surface area contributed by atoms with Gasteiger partial charge in [0.15, 0.2) is 0 Å². The Labute approximate surface area is 206 Å². The van der Waals surface area contributed by atoms with Gasteiger partial charge in [0.2, 0.25) is 11.8 Å². The molecule has 3 aromatic carbocycles. The maximum Gasteiger partial charge on any atom is 0.243 e. The number of likely N-dealkylation sites (N-methyl/N-ethyl adjacent to an activating group) is 1. The van der Waals surface area contributed by atoms with Crippen molar-refractivity contribution in [2.75, 3.05) is 13.2 Å². The van der Waals surface area contributed by atoms with E-state index < -0.39 is 6.04 Å². The van der Waals surface area contributed by atoms with Gasteiger partial charge in [-0.2, -0.15) is 0 Å². The van der Waals surface area contributed by atoms with Crippen molar-refractivity contribution >= 4 is 11.8 Å². The first-order valence-electron chi connectivity index (χ1n) is 12.0. The first-order valence-corrected chi connectivity index (χ1v) is 12.0. The Hall–Kier alpha value is -3.67. The Morgan fingerprint density at radius 2 is 1.63 bits per heavy atom. The van der Waals surface area contributed by atoms with Crippen molar-refractivity contribution in [3.63, 3.8) is 0 Å².